The predicted octanol–water partition coefficient (Wildman–Crippen LogP) is 7.62. The van der Waals surface area contributed by atoms with E-state index in [4.69, 9.17) is 14.4 Å². The van der Waals surface area contributed by atoms with Crippen LogP contribution in [0.15, 0.2) is 71.3 Å². The van der Waals surface area contributed by atoms with E-state index in [0.29, 0.717) is 5.71 Å². The molecule has 0 saturated heterocycles. The summed E-state index contributed by atoms with van der Waals surface area (Å²) in [6.07, 6.45) is 1.97. The molecule has 0 spiro atoms. The fraction of sp³-hybridized carbons (Fsp3) is 0.214. The van der Waals surface area contributed by atoms with E-state index in [0.717, 1.165) is 33.3 Å². The van der Waals surface area contributed by atoms with Crippen LogP contribution in [0.1, 0.15) is 37.5 Å². The first-order chi connectivity index (χ1) is 14.8. The summed E-state index contributed by atoms with van der Waals surface area (Å²) in [6.45, 7) is 10.8. The second kappa shape index (κ2) is 7.05. The van der Waals surface area contributed by atoms with Crippen molar-refractivity contribution in [2.24, 2.45) is 0 Å². The molecule has 0 amide bonds. The highest BCUT2D eigenvalue weighted by Crippen LogP contribution is 2.36. The Balaban J connectivity index is 1.67. The minimum atomic E-state index is 0.0743. The summed E-state index contributed by atoms with van der Waals surface area (Å²) in [4.78, 5) is 9.64. The standard InChI is InChI=1S/C28H26N2O/c1-17-8-6-9-18(2)25(17)24-15-13-21-20-10-7-11-22(26(20)31-27(21)30-24)23-14-12-19(16-29-23)28(3,4)5/h6-16H,1-5H3. The average Bonchev–Trinajstić information content (AvgIpc) is 3.11. The number of para-hydroxylation sites is 1. The van der Waals surface area contributed by atoms with E-state index in [1.54, 1.807) is 0 Å². The summed E-state index contributed by atoms with van der Waals surface area (Å²) in [6, 6.07) is 21.0. The van der Waals surface area contributed by atoms with Crippen molar-refractivity contribution in [3.05, 3.63) is 83.6 Å². The van der Waals surface area contributed by atoms with E-state index in [2.05, 4.69) is 95.3 Å². The van der Waals surface area contributed by atoms with Gasteiger partial charge in [-0.2, -0.15) is 0 Å². The highest BCUT2D eigenvalue weighted by atomic mass is 16.3. The van der Waals surface area contributed by atoms with Gasteiger partial charge in [0.25, 0.3) is 0 Å². The number of aromatic nitrogens is 2. The first-order valence-corrected chi connectivity index (χ1v) is 10.7. The second-order valence-corrected chi connectivity index (χ2v) is 9.28. The monoisotopic (exact) mass is 406 g/mol. The van der Waals surface area contributed by atoms with Crippen LogP contribution in [-0.2, 0) is 5.41 Å². The first-order valence-electron chi connectivity index (χ1n) is 10.7. The smallest absolute Gasteiger partial charge is 0.227 e. The second-order valence-electron chi connectivity index (χ2n) is 9.28. The molecular weight excluding hydrogens is 380 g/mol. The molecule has 0 N–H and O–H groups in total. The molecule has 3 heterocycles. The van der Waals surface area contributed by atoms with Crippen LogP contribution in [0.4, 0.5) is 0 Å². The van der Waals surface area contributed by atoms with Crippen molar-refractivity contribution in [2.75, 3.05) is 0 Å². The molecule has 0 aliphatic heterocycles. The molecule has 0 radical (unpaired) electrons. The van der Waals surface area contributed by atoms with Crippen molar-refractivity contribution in [1.82, 2.24) is 9.97 Å². The normalized spacial score (nSPS) is 12.0. The van der Waals surface area contributed by atoms with Crippen LogP contribution >= 0.6 is 0 Å². The van der Waals surface area contributed by atoms with Crippen LogP contribution in [0.5, 0.6) is 0 Å². The van der Waals surface area contributed by atoms with Crippen molar-refractivity contribution >= 4 is 22.1 Å². The van der Waals surface area contributed by atoms with Crippen LogP contribution in [0.2, 0.25) is 0 Å². The predicted molar refractivity (Wildman–Crippen MR) is 128 cm³/mol. The molecule has 0 fully saturated rings. The Morgan fingerprint density at radius 3 is 2.13 bits per heavy atom. The fourth-order valence-corrected chi connectivity index (χ4v) is 4.24. The number of furan rings is 1. The molecule has 3 aromatic heterocycles. The van der Waals surface area contributed by atoms with E-state index in [1.807, 2.05) is 6.20 Å². The van der Waals surface area contributed by atoms with E-state index in [1.165, 1.54) is 22.3 Å². The summed E-state index contributed by atoms with van der Waals surface area (Å²) >= 11 is 0. The zero-order valence-electron chi connectivity index (χ0n) is 18.7. The van der Waals surface area contributed by atoms with Crippen LogP contribution in [0, 0.1) is 13.8 Å². The van der Waals surface area contributed by atoms with Gasteiger partial charge in [-0.15, -0.1) is 0 Å². The Hall–Kier alpha value is -3.46. The number of benzene rings is 2. The van der Waals surface area contributed by atoms with Crippen molar-refractivity contribution in [3.8, 4) is 22.5 Å². The number of aryl methyl sites for hydroxylation is 2. The van der Waals surface area contributed by atoms with Crippen LogP contribution in [0.3, 0.4) is 0 Å². The molecule has 5 rings (SSSR count). The van der Waals surface area contributed by atoms with E-state index >= 15 is 0 Å². The van der Waals surface area contributed by atoms with Crippen molar-refractivity contribution in [3.63, 3.8) is 0 Å². The lowest BCUT2D eigenvalue weighted by molar-refractivity contribution is 0.587. The number of nitrogens with zero attached hydrogens (tertiary/aromatic N) is 2. The third-order valence-corrected chi connectivity index (χ3v) is 6.01. The van der Waals surface area contributed by atoms with Crippen LogP contribution < -0.4 is 0 Å². The zero-order valence-corrected chi connectivity index (χ0v) is 18.7. The lowest BCUT2D eigenvalue weighted by atomic mass is 9.88. The van der Waals surface area contributed by atoms with Gasteiger partial charge in [0, 0.05) is 28.1 Å². The number of fused-ring (bicyclic) bond motifs is 3. The van der Waals surface area contributed by atoms with Crippen LogP contribution in [0.25, 0.3) is 44.6 Å². The van der Waals surface area contributed by atoms with Gasteiger partial charge in [-0.25, -0.2) is 4.98 Å². The van der Waals surface area contributed by atoms with Gasteiger partial charge in [0.05, 0.1) is 11.4 Å². The molecule has 0 aliphatic carbocycles. The summed E-state index contributed by atoms with van der Waals surface area (Å²) in [5.41, 5.74) is 9.23. The number of pyridine rings is 2. The van der Waals surface area contributed by atoms with Gasteiger partial charge < -0.3 is 4.42 Å². The minimum absolute atomic E-state index is 0.0743. The van der Waals surface area contributed by atoms with Crippen molar-refractivity contribution < 1.29 is 4.42 Å². The third-order valence-electron chi connectivity index (χ3n) is 6.01. The molecular formula is C28H26N2O. The molecule has 0 saturated carbocycles. The Morgan fingerprint density at radius 1 is 0.742 bits per heavy atom. The summed E-state index contributed by atoms with van der Waals surface area (Å²) in [7, 11) is 0. The van der Waals surface area contributed by atoms with Gasteiger partial charge in [0.2, 0.25) is 5.71 Å². The maximum absolute atomic E-state index is 6.33. The van der Waals surface area contributed by atoms with E-state index in [-0.39, 0.29) is 5.41 Å². The zero-order chi connectivity index (χ0) is 21.8. The molecule has 31 heavy (non-hydrogen) atoms. The maximum Gasteiger partial charge on any atom is 0.227 e. The number of rotatable bonds is 2. The lowest BCUT2D eigenvalue weighted by Crippen LogP contribution is -2.11. The van der Waals surface area contributed by atoms with Gasteiger partial charge in [0.1, 0.15) is 5.58 Å². The molecule has 154 valence electrons. The van der Waals surface area contributed by atoms with E-state index < -0.39 is 0 Å². The van der Waals surface area contributed by atoms with E-state index in [9.17, 15) is 0 Å². The largest absolute Gasteiger partial charge is 0.437 e. The Morgan fingerprint density at radius 2 is 1.45 bits per heavy atom. The molecule has 0 atom stereocenters. The van der Waals surface area contributed by atoms with Gasteiger partial charge in [-0.3, -0.25) is 4.98 Å². The molecule has 3 heteroatoms. The summed E-state index contributed by atoms with van der Waals surface area (Å²) in [5.74, 6) is 0. The molecule has 3 nitrogen and oxygen atoms in total. The highest BCUT2D eigenvalue weighted by Gasteiger charge is 2.17. The van der Waals surface area contributed by atoms with Crippen molar-refractivity contribution in [1.29, 1.82) is 0 Å². The fourth-order valence-electron chi connectivity index (χ4n) is 4.24. The Bertz CT molecular complexity index is 1400. The molecule has 2 aromatic carbocycles. The van der Waals surface area contributed by atoms with Gasteiger partial charge in [-0.05, 0) is 60.2 Å². The molecule has 5 aromatic rings. The van der Waals surface area contributed by atoms with Crippen molar-refractivity contribution in [2.45, 2.75) is 40.0 Å². The Labute approximate surface area is 182 Å². The molecule has 0 unspecified atom stereocenters. The highest BCUT2D eigenvalue weighted by molar-refractivity contribution is 6.08. The van der Waals surface area contributed by atoms with Gasteiger partial charge >= 0.3 is 0 Å². The third kappa shape index (κ3) is 3.31. The maximum atomic E-state index is 6.33. The minimum Gasteiger partial charge on any atom is -0.437 e. The average molecular weight is 407 g/mol. The summed E-state index contributed by atoms with van der Waals surface area (Å²) < 4.78 is 6.33. The van der Waals surface area contributed by atoms with Gasteiger partial charge in [0.15, 0.2) is 0 Å². The SMILES string of the molecule is Cc1cccc(C)c1-c1ccc2c(n1)oc1c(-c3ccc(C(C)(C)C)cn3)cccc12. The lowest BCUT2D eigenvalue weighted by Gasteiger charge is -2.18. The van der Waals surface area contributed by atoms with Crippen LogP contribution in [-0.4, -0.2) is 9.97 Å². The number of hydrogen-bond acceptors (Lipinski definition) is 3. The molecule has 0 aliphatic rings. The Kier molecular flexibility index (Phi) is 4.44. The molecule has 0 bridgehead atoms. The first kappa shape index (κ1) is 19.5. The number of hydrogen-bond donors (Lipinski definition) is 0. The van der Waals surface area contributed by atoms with Gasteiger partial charge in [-0.1, -0.05) is 57.2 Å². The quantitative estimate of drug-likeness (QED) is 0.302. The summed E-state index contributed by atoms with van der Waals surface area (Å²) in [5, 5.41) is 2.09. The topological polar surface area (TPSA) is 38.9 Å².